The monoisotopic (exact) mass is 256 g/mol. The number of carboxylic acids is 1. The van der Waals surface area contributed by atoms with E-state index >= 15 is 0 Å². The van der Waals surface area contributed by atoms with Gasteiger partial charge in [0.1, 0.15) is 6.54 Å². The average Bonchev–Trinajstić information content (AvgIpc) is 2.75. The van der Waals surface area contributed by atoms with Crippen molar-refractivity contribution in [1.29, 1.82) is 0 Å². The van der Waals surface area contributed by atoms with E-state index in [0.717, 1.165) is 25.7 Å². The van der Waals surface area contributed by atoms with Crippen LogP contribution in [0.4, 0.5) is 0 Å². The van der Waals surface area contributed by atoms with E-state index in [2.05, 4.69) is 0 Å². The highest BCUT2D eigenvalue weighted by Crippen LogP contribution is 2.26. The van der Waals surface area contributed by atoms with E-state index in [1.165, 1.54) is 4.90 Å². The third-order valence-electron chi connectivity index (χ3n) is 3.55. The van der Waals surface area contributed by atoms with Gasteiger partial charge in [0.2, 0.25) is 5.91 Å². The fraction of sp³-hybridized carbons (Fsp3) is 0.846. The molecule has 1 atom stereocenters. The second-order valence-corrected chi connectivity index (χ2v) is 6.14. The third-order valence-corrected chi connectivity index (χ3v) is 3.55. The van der Waals surface area contributed by atoms with Crippen molar-refractivity contribution in [3.63, 3.8) is 0 Å². The molecule has 0 spiro atoms. The van der Waals surface area contributed by atoms with Crippen LogP contribution in [0.15, 0.2) is 0 Å². The molecule has 0 saturated heterocycles. The van der Waals surface area contributed by atoms with E-state index in [9.17, 15) is 9.59 Å². The van der Waals surface area contributed by atoms with Gasteiger partial charge in [-0.25, -0.2) is 0 Å². The summed E-state index contributed by atoms with van der Waals surface area (Å²) in [4.78, 5) is 24.7. The van der Waals surface area contributed by atoms with E-state index in [0.29, 0.717) is 0 Å². The maximum absolute atomic E-state index is 12.3. The van der Waals surface area contributed by atoms with Crippen molar-refractivity contribution in [2.45, 2.75) is 58.5 Å². The summed E-state index contributed by atoms with van der Waals surface area (Å²) in [6.45, 7) is 5.43. The summed E-state index contributed by atoms with van der Waals surface area (Å²) in [5, 5.41) is 8.94. The molecule has 0 aromatic carbocycles. The molecule has 1 fully saturated rings. The topological polar surface area (TPSA) is 83.6 Å². The second-order valence-electron chi connectivity index (χ2n) is 6.14. The Bertz CT molecular complexity index is 317. The first-order valence-corrected chi connectivity index (χ1v) is 6.51. The van der Waals surface area contributed by atoms with Crippen LogP contribution in [0.25, 0.3) is 0 Å². The van der Waals surface area contributed by atoms with Crippen molar-refractivity contribution < 1.29 is 14.7 Å². The minimum Gasteiger partial charge on any atom is -0.480 e. The number of carbonyl (C=O) groups is 2. The zero-order valence-corrected chi connectivity index (χ0v) is 11.5. The van der Waals surface area contributed by atoms with Crippen LogP contribution >= 0.6 is 0 Å². The number of hydrogen-bond acceptors (Lipinski definition) is 3. The number of amides is 1. The van der Waals surface area contributed by atoms with E-state index in [1.54, 1.807) is 0 Å². The van der Waals surface area contributed by atoms with Gasteiger partial charge < -0.3 is 15.7 Å². The molecule has 1 rings (SSSR count). The van der Waals surface area contributed by atoms with Crippen LogP contribution in [0, 0.1) is 5.41 Å². The van der Waals surface area contributed by atoms with Crippen LogP contribution in [0.3, 0.4) is 0 Å². The quantitative estimate of drug-likeness (QED) is 0.792. The Morgan fingerprint density at radius 3 is 2.22 bits per heavy atom. The Morgan fingerprint density at radius 2 is 1.83 bits per heavy atom. The van der Waals surface area contributed by atoms with Gasteiger partial charge in [-0.2, -0.15) is 0 Å². The SMILES string of the molecule is CC(C)(C)C(N)C(=O)N(CC(=O)O)C1CCCC1. The highest BCUT2D eigenvalue weighted by atomic mass is 16.4. The first kappa shape index (κ1) is 15.0. The second kappa shape index (κ2) is 5.69. The van der Waals surface area contributed by atoms with Gasteiger partial charge in [-0.3, -0.25) is 9.59 Å². The normalized spacial score (nSPS) is 18.7. The van der Waals surface area contributed by atoms with E-state index in [1.807, 2.05) is 20.8 Å². The van der Waals surface area contributed by atoms with Gasteiger partial charge in [0.05, 0.1) is 6.04 Å². The molecule has 1 aliphatic rings. The summed E-state index contributed by atoms with van der Waals surface area (Å²) in [7, 11) is 0. The summed E-state index contributed by atoms with van der Waals surface area (Å²) >= 11 is 0. The third kappa shape index (κ3) is 3.70. The minimum absolute atomic E-state index is 0.0435. The molecule has 0 aliphatic heterocycles. The van der Waals surface area contributed by atoms with Gasteiger partial charge in [0, 0.05) is 6.04 Å². The molecule has 1 saturated carbocycles. The van der Waals surface area contributed by atoms with Crippen LogP contribution in [0.1, 0.15) is 46.5 Å². The molecule has 5 heteroatoms. The minimum atomic E-state index is -0.976. The fourth-order valence-corrected chi connectivity index (χ4v) is 2.30. The molecule has 0 heterocycles. The number of hydrogen-bond donors (Lipinski definition) is 2. The van der Waals surface area contributed by atoms with Gasteiger partial charge in [0.25, 0.3) is 0 Å². The summed E-state index contributed by atoms with van der Waals surface area (Å²) in [6.07, 6.45) is 3.88. The molecule has 18 heavy (non-hydrogen) atoms. The van der Waals surface area contributed by atoms with Crippen LogP contribution in [0.5, 0.6) is 0 Å². The molecule has 0 aromatic heterocycles. The molecular weight excluding hydrogens is 232 g/mol. The standard InChI is InChI=1S/C13H24N2O3/c1-13(2,3)11(14)12(18)15(8-10(16)17)9-6-4-5-7-9/h9,11H,4-8,14H2,1-3H3,(H,16,17). The van der Waals surface area contributed by atoms with Crippen LogP contribution < -0.4 is 5.73 Å². The first-order chi connectivity index (χ1) is 8.23. The number of rotatable bonds is 4. The molecule has 5 nitrogen and oxygen atoms in total. The Balaban J connectivity index is 2.81. The largest absolute Gasteiger partial charge is 0.480 e. The Labute approximate surface area is 108 Å². The summed E-state index contributed by atoms with van der Waals surface area (Å²) < 4.78 is 0. The molecule has 0 bridgehead atoms. The molecular formula is C13H24N2O3. The summed E-state index contributed by atoms with van der Waals surface area (Å²) in [5.74, 6) is -1.21. The van der Waals surface area contributed by atoms with Crippen molar-refractivity contribution >= 4 is 11.9 Å². The molecule has 0 radical (unpaired) electrons. The van der Waals surface area contributed by atoms with E-state index in [-0.39, 0.29) is 23.9 Å². The fourth-order valence-electron chi connectivity index (χ4n) is 2.30. The van der Waals surface area contributed by atoms with Crippen LogP contribution in [-0.2, 0) is 9.59 Å². The van der Waals surface area contributed by atoms with Gasteiger partial charge in [-0.1, -0.05) is 33.6 Å². The Hall–Kier alpha value is -1.10. The smallest absolute Gasteiger partial charge is 0.323 e. The molecule has 1 aliphatic carbocycles. The lowest BCUT2D eigenvalue weighted by Crippen LogP contribution is -2.54. The molecule has 1 amide bonds. The maximum Gasteiger partial charge on any atom is 0.323 e. The molecule has 3 N–H and O–H groups in total. The van der Waals surface area contributed by atoms with Crippen molar-refractivity contribution in [2.75, 3.05) is 6.54 Å². The lowest BCUT2D eigenvalue weighted by Gasteiger charge is -2.34. The first-order valence-electron chi connectivity index (χ1n) is 6.51. The maximum atomic E-state index is 12.3. The van der Waals surface area contributed by atoms with Crippen LogP contribution in [0.2, 0.25) is 0 Å². The van der Waals surface area contributed by atoms with Gasteiger partial charge in [0.15, 0.2) is 0 Å². The van der Waals surface area contributed by atoms with Crippen molar-refractivity contribution in [1.82, 2.24) is 4.90 Å². The van der Waals surface area contributed by atoms with E-state index in [4.69, 9.17) is 10.8 Å². The number of carboxylic acid groups (broad SMARTS) is 1. The Kier molecular flexibility index (Phi) is 4.73. The number of nitrogens with zero attached hydrogens (tertiary/aromatic N) is 1. The highest BCUT2D eigenvalue weighted by molar-refractivity contribution is 5.86. The lowest BCUT2D eigenvalue weighted by molar-refractivity contribution is -0.148. The van der Waals surface area contributed by atoms with Gasteiger partial charge in [-0.05, 0) is 18.3 Å². The zero-order chi connectivity index (χ0) is 13.9. The zero-order valence-electron chi connectivity index (χ0n) is 11.5. The van der Waals surface area contributed by atoms with Crippen molar-refractivity contribution in [3.05, 3.63) is 0 Å². The molecule has 1 unspecified atom stereocenters. The van der Waals surface area contributed by atoms with Gasteiger partial charge in [-0.15, -0.1) is 0 Å². The highest BCUT2D eigenvalue weighted by Gasteiger charge is 2.35. The molecule has 0 aromatic rings. The predicted octanol–water partition coefficient (Wildman–Crippen LogP) is 1.22. The van der Waals surface area contributed by atoms with E-state index < -0.39 is 12.0 Å². The van der Waals surface area contributed by atoms with Crippen LogP contribution in [-0.4, -0.2) is 40.5 Å². The summed E-state index contributed by atoms with van der Waals surface area (Å²) in [5.41, 5.74) is 5.60. The number of aliphatic carboxylic acids is 1. The molecule has 104 valence electrons. The van der Waals surface area contributed by atoms with Crippen molar-refractivity contribution in [3.8, 4) is 0 Å². The van der Waals surface area contributed by atoms with Gasteiger partial charge >= 0.3 is 5.97 Å². The predicted molar refractivity (Wildman–Crippen MR) is 69.0 cm³/mol. The number of nitrogens with two attached hydrogens (primary N) is 1. The Morgan fingerprint density at radius 1 is 1.33 bits per heavy atom. The lowest BCUT2D eigenvalue weighted by atomic mass is 9.86. The van der Waals surface area contributed by atoms with Crippen molar-refractivity contribution in [2.24, 2.45) is 11.1 Å². The summed E-state index contributed by atoms with van der Waals surface area (Å²) in [6, 6.07) is -0.612. The average molecular weight is 256 g/mol. The number of carbonyl (C=O) groups excluding carboxylic acids is 1.